The third kappa shape index (κ3) is 2.55. The second-order valence-corrected chi connectivity index (χ2v) is 16.6. The molecule has 3 heteroatoms. The minimum absolute atomic E-state index is 0.153. The van der Waals surface area contributed by atoms with Gasteiger partial charge >= 0.3 is 0 Å². The van der Waals surface area contributed by atoms with E-state index in [-0.39, 0.29) is 21.8 Å². The summed E-state index contributed by atoms with van der Waals surface area (Å²) in [5, 5.41) is 10.6. The molecule has 0 aromatic heterocycles. The third-order valence-electron chi connectivity index (χ3n) is 9.29. The van der Waals surface area contributed by atoms with Crippen LogP contribution in [0, 0.1) is 45.3 Å². The molecule has 0 aromatic rings. The highest BCUT2D eigenvalue weighted by molar-refractivity contribution is 6.74. The van der Waals surface area contributed by atoms with Crippen LogP contribution in [0.2, 0.25) is 18.1 Å². The smallest absolute Gasteiger partial charge is 0.250 e. The summed E-state index contributed by atoms with van der Waals surface area (Å²) in [6.07, 6.45) is 5.91. The Bertz CT molecular complexity index is 734. The van der Waals surface area contributed by atoms with Gasteiger partial charge in [0.25, 0.3) is 0 Å². The summed E-state index contributed by atoms with van der Waals surface area (Å²) in [5.41, 5.74) is 1.12. The zero-order valence-electron chi connectivity index (χ0n) is 19.0. The van der Waals surface area contributed by atoms with Crippen LogP contribution in [0.4, 0.5) is 0 Å². The molecule has 5 atom stereocenters. The molecule has 0 spiro atoms. The molecule has 2 saturated carbocycles. The van der Waals surface area contributed by atoms with Crippen molar-refractivity contribution in [1.82, 2.24) is 0 Å². The predicted octanol–water partition coefficient (Wildman–Crippen LogP) is 7.07. The first kappa shape index (κ1) is 20.7. The Labute approximate surface area is 168 Å². The summed E-state index contributed by atoms with van der Waals surface area (Å²) in [5.74, 6) is 2.22. The molecule has 0 bridgehead atoms. The normalized spacial score (nSPS) is 40.1. The van der Waals surface area contributed by atoms with Crippen molar-refractivity contribution in [2.75, 3.05) is 0 Å². The van der Waals surface area contributed by atoms with Gasteiger partial charge in [0.2, 0.25) is 8.32 Å². The maximum absolute atomic E-state index is 10.5. The van der Waals surface area contributed by atoms with E-state index in [9.17, 15) is 5.26 Å². The summed E-state index contributed by atoms with van der Waals surface area (Å²) >= 11 is 0. The Balaban J connectivity index is 2.00. The SMILES string of the molecule is C=C(O[Si](C)(C)C(C)(C)C)[C@H]1C[C@H]2[C@]3(C)CC[C@@H]3C(C)=C[C@]2(C#N)C1(C)C. The second-order valence-electron chi connectivity index (χ2n) is 11.9. The fraction of sp³-hybridized carbons (Fsp3) is 0.792. The molecule has 3 aliphatic carbocycles. The first-order valence-corrected chi connectivity index (χ1v) is 13.5. The minimum atomic E-state index is -1.93. The lowest BCUT2D eigenvalue weighted by Gasteiger charge is -2.59. The van der Waals surface area contributed by atoms with Crippen molar-refractivity contribution in [3.8, 4) is 6.07 Å². The van der Waals surface area contributed by atoms with Crippen LogP contribution in [0.5, 0.6) is 0 Å². The standard InChI is InChI=1S/C24H39NOSi/c1-16-14-24(15-25)20(23(8)12-11-18(16)23)13-19(22(24,6)7)17(2)26-27(9,10)21(3,4)5/h14,18-20H,2,11-13H2,1,3-10H3/t18-,19-,20+,23-,24-/m1/s1. The van der Waals surface area contributed by atoms with Gasteiger partial charge in [-0.2, -0.15) is 5.26 Å². The first-order valence-electron chi connectivity index (χ1n) is 10.6. The topological polar surface area (TPSA) is 33.0 Å². The number of hydrogen-bond acceptors (Lipinski definition) is 2. The van der Waals surface area contributed by atoms with Gasteiger partial charge in [0.15, 0.2) is 0 Å². The lowest BCUT2D eigenvalue weighted by molar-refractivity contribution is -0.0486. The van der Waals surface area contributed by atoms with Crippen molar-refractivity contribution < 1.29 is 4.43 Å². The van der Waals surface area contributed by atoms with Crippen molar-refractivity contribution in [1.29, 1.82) is 5.26 Å². The number of nitriles is 1. The highest BCUT2D eigenvalue weighted by Gasteiger charge is 2.69. The molecule has 2 fully saturated rings. The Morgan fingerprint density at radius 3 is 2.33 bits per heavy atom. The molecule has 0 unspecified atom stereocenters. The van der Waals surface area contributed by atoms with Crippen LogP contribution < -0.4 is 0 Å². The van der Waals surface area contributed by atoms with E-state index < -0.39 is 13.7 Å². The Hall–Kier alpha value is -1.01. The highest BCUT2D eigenvalue weighted by atomic mass is 28.4. The van der Waals surface area contributed by atoms with Crippen LogP contribution in [0.1, 0.15) is 67.7 Å². The quantitative estimate of drug-likeness (QED) is 0.296. The molecule has 0 N–H and O–H groups in total. The first-order chi connectivity index (χ1) is 12.1. The van der Waals surface area contributed by atoms with Gasteiger partial charge in [-0.1, -0.05) is 59.8 Å². The van der Waals surface area contributed by atoms with Crippen LogP contribution in [-0.2, 0) is 4.43 Å². The Morgan fingerprint density at radius 2 is 1.89 bits per heavy atom. The fourth-order valence-electron chi connectivity index (χ4n) is 6.24. The average molecular weight is 386 g/mol. The van der Waals surface area contributed by atoms with Crippen LogP contribution in [-0.4, -0.2) is 8.32 Å². The lowest BCUT2D eigenvalue weighted by atomic mass is 9.43. The number of nitrogens with zero attached hydrogens (tertiary/aromatic N) is 1. The summed E-state index contributed by atoms with van der Waals surface area (Å²) in [4.78, 5) is 0. The zero-order chi connectivity index (χ0) is 20.6. The monoisotopic (exact) mass is 385 g/mol. The molecule has 3 rings (SSSR count). The Kier molecular flexibility index (Phi) is 4.41. The number of fused-ring (bicyclic) bond motifs is 3. The fourth-order valence-corrected chi connectivity index (χ4v) is 7.34. The molecule has 0 radical (unpaired) electrons. The largest absolute Gasteiger partial charge is 0.547 e. The van der Waals surface area contributed by atoms with E-state index in [4.69, 9.17) is 4.43 Å². The summed E-state index contributed by atoms with van der Waals surface area (Å²) in [6.45, 7) is 25.1. The van der Waals surface area contributed by atoms with E-state index in [1.807, 2.05) is 0 Å². The summed E-state index contributed by atoms with van der Waals surface area (Å²) in [6, 6.07) is 2.83. The highest BCUT2D eigenvalue weighted by Crippen LogP contribution is 2.74. The van der Waals surface area contributed by atoms with E-state index in [0.29, 0.717) is 11.8 Å². The van der Waals surface area contributed by atoms with Gasteiger partial charge in [-0.25, -0.2) is 0 Å². The molecular formula is C24H39NOSi. The molecule has 3 aliphatic rings. The lowest BCUT2D eigenvalue weighted by Crippen LogP contribution is -2.54. The van der Waals surface area contributed by atoms with E-state index >= 15 is 0 Å². The molecule has 0 heterocycles. The van der Waals surface area contributed by atoms with Crippen LogP contribution in [0.25, 0.3) is 0 Å². The number of hydrogen-bond donors (Lipinski definition) is 0. The van der Waals surface area contributed by atoms with Gasteiger partial charge in [0.05, 0.1) is 17.2 Å². The van der Waals surface area contributed by atoms with Gasteiger partial charge in [0, 0.05) is 5.92 Å². The average Bonchev–Trinajstić information content (AvgIpc) is 2.71. The zero-order valence-corrected chi connectivity index (χ0v) is 20.0. The molecule has 0 amide bonds. The van der Waals surface area contributed by atoms with Gasteiger partial charge in [-0.3, -0.25) is 0 Å². The van der Waals surface area contributed by atoms with E-state index in [1.165, 1.54) is 18.4 Å². The summed E-state index contributed by atoms with van der Waals surface area (Å²) in [7, 11) is -1.93. The maximum Gasteiger partial charge on any atom is 0.250 e. The van der Waals surface area contributed by atoms with Gasteiger partial charge in [0.1, 0.15) is 0 Å². The van der Waals surface area contributed by atoms with Crippen molar-refractivity contribution >= 4 is 8.32 Å². The molecule has 0 aliphatic heterocycles. The van der Waals surface area contributed by atoms with E-state index in [0.717, 1.165) is 12.2 Å². The molecule has 0 aromatic carbocycles. The maximum atomic E-state index is 10.5. The van der Waals surface area contributed by atoms with Crippen LogP contribution in [0.3, 0.4) is 0 Å². The summed E-state index contributed by atoms with van der Waals surface area (Å²) < 4.78 is 6.67. The van der Waals surface area contributed by atoms with Crippen LogP contribution >= 0.6 is 0 Å². The van der Waals surface area contributed by atoms with E-state index in [1.54, 1.807) is 0 Å². The molecule has 27 heavy (non-hydrogen) atoms. The third-order valence-corrected chi connectivity index (χ3v) is 13.7. The molecule has 0 saturated heterocycles. The van der Waals surface area contributed by atoms with Gasteiger partial charge < -0.3 is 4.43 Å². The van der Waals surface area contributed by atoms with Gasteiger partial charge in [-0.15, -0.1) is 0 Å². The van der Waals surface area contributed by atoms with Crippen molar-refractivity contribution in [3.05, 3.63) is 24.0 Å². The van der Waals surface area contributed by atoms with Crippen molar-refractivity contribution in [2.24, 2.45) is 34.0 Å². The number of rotatable bonds is 3. The Morgan fingerprint density at radius 1 is 1.30 bits per heavy atom. The number of allylic oxidation sites excluding steroid dienone is 3. The van der Waals surface area contributed by atoms with Gasteiger partial charge in [-0.05, 0) is 67.0 Å². The molecular weight excluding hydrogens is 346 g/mol. The van der Waals surface area contributed by atoms with Crippen molar-refractivity contribution in [3.63, 3.8) is 0 Å². The van der Waals surface area contributed by atoms with Crippen molar-refractivity contribution in [2.45, 2.75) is 85.9 Å². The predicted molar refractivity (Wildman–Crippen MR) is 115 cm³/mol. The molecule has 2 nitrogen and oxygen atoms in total. The van der Waals surface area contributed by atoms with Crippen LogP contribution in [0.15, 0.2) is 24.0 Å². The minimum Gasteiger partial charge on any atom is -0.547 e. The second kappa shape index (κ2) is 5.75. The molecule has 150 valence electrons. The van der Waals surface area contributed by atoms with E-state index in [2.05, 4.69) is 80.3 Å².